The summed E-state index contributed by atoms with van der Waals surface area (Å²) in [5.74, 6) is 1.20. The van der Waals surface area contributed by atoms with Crippen molar-refractivity contribution >= 4 is 17.4 Å². The minimum Gasteiger partial charge on any atom is -0.495 e. The molecule has 0 saturated heterocycles. The number of anilines is 1. The van der Waals surface area contributed by atoms with Crippen LogP contribution >= 0.6 is 11.6 Å². The van der Waals surface area contributed by atoms with E-state index in [9.17, 15) is 0 Å². The fourth-order valence-corrected chi connectivity index (χ4v) is 1.83. The molecule has 1 aromatic carbocycles. The van der Waals surface area contributed by atoms with Crippen LogP contribution in [-0.2, 0) is 7.05 Å². The predicted octanol–water partition coefficient (Wildman–Crippen LogP) is 2.33. The number of methoxy groups -OCH3 is 1. The van der Waals surface area contributed by atoms with E-state index in [2.05, 4.69) is 5.10 Å². The number of hydrogen-bond donors (Lipinski definition) is 1. The molecule has 0 unspecified atom stereocenters. The third-order valence-corrected chi connectivity index (χ3v) is 2.74. The highest BCUT2D eigenvalue weighted by Gasteiger charge is 2.14. The molecule has 1 heterocycles. The average molecular weight is 238 g/mol. The zero-order chi connectivity index (χ0) is 11.7. The molecule has 5 heteroatoms. The van der Waals surface area contributed by atoms with Crippen LogP contribution in [0.5, 0.6) is 5.75 Å². The Hall–Kier alpha value is -1.68. The molecule has 2 rings (SSSR count). The fraction of sp³-hybridized carbons (Fsp3) is 0.182. The second-order valence-electron chi connectivity index (χ2n) is 3.39. The molecule has 0 aliphatic heterocycles. The van der Waals surface area contributed by atoms with E-state index in [0.29, 0.717) is 16.6 Å². The summed E-state index contributed by atoms with van der Waals surface area (Å²) in [6, 6.07) is 5.53. The minimum atomic E-state index is 0.559. The van der Waals surface area contributed by atoms with Gasteiger partial charge < -0.3 is 10.5 Å². The lowest BCUT2D eigenvalue weighted by atomic mass is 10.1. The van der Waals surface area contributed by atoms with Gasteiger partial charge in [-0.2, -0.15) is 5.10 Å². The fourth-order valence-electron chi connectivity index (χ4n) is 1.58. The molecular weight excluding hydrogens is 226 g/mol. The highest BCUT2D eigenvalue weighted by Crippen LogP contribution is 2.37. The van der Waals surface area contributed by atoms with E-state index >= 15 is 0 Å². The maximum atomic E-state index is 6.05. The predicted molar refractivity (Wildman–Crippen MR) is 64.6 cm³/mol. The van der Waals surface area contributed by atoms with Crippen LogP contribution in [0.3, 0.4) is 0 Å². The SMILES string of the molecule is COc1c(Cl)cccc1-c1cnn(C)c1N. The molecule has 1 aromatic heterocycles. The highest BCUT2D eigenvalue weighted by atomic mass is 35.5. The standard InChI is InChI=1S/C11H12ClN3O/c1-15-11(13)8(6-14-15)7-4-3-5-9(12)10(7)16-2/h3-6H,13H2,1-2H3. The van der Waals surface area contributed by atoms with E-state index in [1.165, 1.54) is 0 Å². The monoisotopic (exact) mass is 237 g/mol. The largest absolute Gasteiger partial charge is 0.495 e. The second-order valence-corrected chi connectivity index (χ2v) is 3.79. The minimum absolute atomic E-state index is 0.559. The number of aromatic nitrogens is 2. The Morgan fingerprint density at radius 1 is 1.38 bits per heavy atom. The Balaban J connectivity index is 2.64. The van der Waals surface area contributed by atoms with E-state index in [1.54, 1.807) is 31.1 Å². The number of aryl methyl sites for hydroxylation is 1. The van der Waals surface area contributed by atoms with Gasteiger partial charge in [0.25, 0.3) is 0 Å². The van der Waals surface area contributed by atoms with Crippen molar-refractivity contribution < 1.29 is 4.74 Å². The molecule has 2 N–H and O–H groups in total. The molecule has 0 radical (unpaired) electrons. The molecule has 0 aliphatic rings. The van der Waals surface area contributed by atoms with Crippen molar-refractivity contribution in [1.82, 2.24) is 9.78 Å². The summed E-state index contributed by atoms with van der Waals surface area (Å²) in [6.07, 6.45) is 1.70. The zero-order valence-corrected chi connectivity index (χ0v) is 9.82. The number of benzene rings is 1. The molecule has 16 heavy (non-hydrogen) atoms. The molecular formula is C11H12ClN3O. The molecule has 0 atom stereocenters. The lowest BCUT2D eigenvalue weighted by Crippen LogP contribution is -1.98. The Morgan fingerprint density at radius 2 is 2.12 bits per heavy atom. The van der Waals surface area contributed by atoms with E-state index in [4.69, 9.17) is 22.1 Å². The van der Waals surface area contributed by atoms with Crippen molar-refractivity contribution in [3.05, 3.63) is 29.4 Å². The molecule has 0 bridgehead atoms. The van der Waals surface area contributed by atoms with Crippen LogP contribution in [0.2, 0.25) is 5.02 Å². The van der Waals surface area contributed by atoms with Gasteiger partial charge in [-0.1, -0.05) is 23.7 Å². The molecule has 0 saturated carbocycles. The van der Waals surface area contributed by atoms with Gasteiger partial charge in [0.05, 0.1) is 18.3 Å². The van der Waals surface area contributed by atoms with Crippen LogP contribution in [0.1, 0.15) is 0 Å². The van der Waals surface area contributed by atoms with Crippen LogP contribution in [0.25, 0.3) is 11.1 Å². The quantitative estimate of drug-likeness (QED) is 0.872. The smallest absolute Gasteiger partial charge is 0.145 e. The summed E-state index contributed by atoms with van der Waals surface area (Å²) in [5.41, 5.74) is 7.58. The number of nitrogen functional groups attached to an aromatic ring is 1. The normalized spacial score (nSPS) is 10.4. The van der Waals surface area contributed by atoms with Crippen LogP contribution < -0.4 is 10.5 Å². The first-order valence-electron chi connectivity index (χ1n) is 4.75. The first kappa shape index (κ1) is 10.8. The number of nitrogens with two attached hydrogens (primary N) is 1. The Bertz CT molecular complexity index is 522. The zero-order valence-electron chi connectivity index (χ0n) is 9.07. The maximum absolute atomic E-state index is 6.05. The van der Waals surface area contributed by atoms with Gasteiger partial charge in [0.2, 0.25) is 0 Å². The van der Waals surface area contributed by atoms with Crippen molar-refractivity contribution in [3.8, 4) is 16.9 Å². The molecule has 0 aliphatic carbocycles. The average Bonchev–Trinajstić information content (AvgIpc) is 2.59. The molecule has 0 spiro atoms. The maximum Gasteiger partial charge on any atom is 0.145 e. The van der Waals surface area contributed by atoms with Gasteiger partial charge in [-0.05, 0) is 6.07 Å². The van der Waals surface area contributed by atoms with E-state index in [1.807, 2.05) is 12.1 Å². The van der Waals surface area contributed by atoms with Crippen LogP contribution in [0.15, 0.2) is 24.4 Å². The van der Waals surface area contributed by atoms with Gasteiger partial charge in [0, 0.05) is 18.2 Å². The summed E-state index contributed by atoms with van der Waals surface area (Å²) >= 11 is 6.05. The molecule has 84 valence electrons. The summed E-state index contributed by atoms with van der Waals surface area (Å²) in [6.45, 7) is 0. The number of ether oxygens (including phenoxy) is 1. The van der Waals surface area contributed by atoms with Crippen molar-refractivity contribution in [2.24, 2.45) is 7.05 Å². The van der Waals surface area contributed by atoms with Gasteiger partial charge in [-0.25, -0.2) is 0 Å². The number of hydrogen-bond acceptors (Lipinski definition) is 3. The lowest BCUT2D eigenvalue weighted by Gasteiger charge is -2.09. The van der Waals surface area contributed by atoms with E-state index < -0.39 is 0 Å². The lowest BCUT2D eigenvalue weighted by molar-refractivity contribution is 0.416. The summed E-state index contributed by atoms with van der Waals surface area (Å²) < 4.78 is 6.88. The molecule has 2 aromatic rings. The van der Waals surface area contributed by atoms with Crippen LogP contribution in [-0.4, -0.2) is 16.9 Å². The van der Waals surface area contributed by atoms with Gasteiger partial charge in [-0.15, -0.1) is 0 Å². The topological polar surface area (TPSA) is 53.1 Å². The molecule has 4 nitrogen and oxygen atoms in total. The summed E-state index contributed by atoms with van der Waals surface area (Å²) in [7, 11) is 3.37. The summed E-state index contributed by atoms with van der Waals surface area (Å²) in [5, 5.41) is 4.65. The van der Waals surface area contributed by atoms with Gasteiger partial charge in [0.15, 0.2) is 0 Å². The van der Waals surface area contributed by atoms with Crippen LogP contribution in [0, 0.1) is 0 Å². The van der Waals surface area contributed by atoms with Crippen molar-refractivity contribution in [3.63, 3.8) is 0 Å². The van der Waals surface area contributed by atoms with Gasteiger partial charge >= 0.3 is 0 Å². The van der Waals surface area contributed by atoms with Crippen LogP contribution in [0.4, 0.5) is 5.82 Å². The van der Waals surface area contributed by atoms with E-state index in [0.717, 1.165) is 11.1 Å². The summed E-state index contributed by atoms with van der Waals surface area (Å²) in [4.78, 5) is 0. The van der Waals surface area contributed by atoms with Gasteiger partial charge in [-0.3, -0.25) is 4.68 Å². The number of nitrogens with zero attached hydrogens (tertiary/aromatic N) is 2. The first-order chi connectivity index (χ1) is 7.65. The number of halogens is 1. The Labute approximate surface area is 98.6 Å². The highest BCUT2D eigenvalue weighted by molar-refractivity contribution is 6.32. The first-order valence-corrected chi connectivity index (χ1v) is 5.13. The number of para-hydroxylation sites is 1. The van der Waals surface area contributed by atoms with Crippen molar-refractivity contribution in [2.75, 3.05) is 12.8 Å². The Kier molecular flexibility index (Phi) is 2.75. The second kappa shape index (κ2) is 4.06. The van der Waals surface area contributed by atoms with Crippen molar-refractivity contribution in [2.45, 2.75) is 0 Å². The van der Waals surface area contributed by atoms with Gasteiger partial charge in [0.1, 0.15) is 11.6 Å². The Morgan fingerprint density at radius 3 is 2.69 bits per heavy atom. The third kappa shape index (κ3) is 1.61. The third-order valence-electron chi connectivity index (χ3n) is 2.45. The van der Waals surface area contributed by atoms with Crippen molar-refractivity contribution in [1.29, 1.82) is 0 Å². The molecule has 0 fully saturated rings. The number of rotatable bonds is 2. The van der Waals surface area contributed by atoms with E-state index in [-0.39, 0.29) is 0 Å². The molecule has 0 amide bonds.